The van der Waals surface area contributed by atoms with E-state index in [2.05, 4.69) is 6.92 Å². The van der Waals surface area contributed by atoms with Crippen LogP contribution in [0.5, 0.6) is 0 Å². The van der Waals surface area contributed by atoms with Gasteiger partial charge in [0.25, 0.3) is 0 Å². The summed E-state index contributed by atoms with van der Waals surface area (Å²) in [4.78, 5) is 12.6. The maximum absolute atomic E-state index is 12.6. The summed E-state index contributed by atoms with van der Waals surface area (Å²) in [5.74, 6) is -0.158. The highest BCUT2D eigenvalue weighted by atomic mass is 16.7. The molecular weight excluding hydrogens is 300 g/mol. The molecule has 0 saturated heterocycles. The number of hydrogen-bond acceptors (Lipinski definition) is 3. The van der Waals surface area contributed by atoms with Crippen molar-refractivity contribution in [1.29, 1.82) is 0 Å². The summed E-state index contributed by atoms with van der Waals surface area (Å²) >= 11 is 0. The van der Waals surface area contributed by atoms with Crippen LogP contribution >= 0.6 is 0 Å². The van der Waals surface area contributed by atoms with Crippen LogP contribution in [0.4, 0.5) is 0 Å². The highest BCUT2D eigenvalue weighted by Gasteiger charge is 2.41. The maximum atomic E-state index is 12.6. The molecule has 0 heterocycles. The fourth-order valence-corrected chi connectivity index (χ4v) is 3.12. The van der Waals surface area contributed by atoms with Gasteiger partial charge in [0.05, 0.1) is 12.0 Å². The molecule has 2 rings (SSSR count). The van der Waals surface area contributed by atoms with Gasteiger partial charge in [0.15, 0.2) is 0 Å². The summed E-state index contributed by atoms with van der Waals surface area (Å²) in [5, 5.41) is 0. The molecule has 1 aromatic carbocycles. The third-order valence-electron chi connectivity index (χ3n) is 5.46. The lowest BCUT2D eigenvalue weighted by molar-refractivity contribution is -0.225. The Morgan fingerprint density at radius 3 is 2.38 bits per heavy atom. The van der Waals surface area contributed by atoms with Gasteiger partial charge in [-0.3, -0.25) is 4.79 Å². The lowest BCUT2D eigenvalue weighted by Crippen LogP contribution is -2.42. The number of carbonyl (C=O) groups excluding carboxylic acids is 1. The number of esters is 1. The van der Waals surface area contributed by atoms with Gasteiger partial charge in [-0.25, -0.2) is 0 Å². The lowest BCUT2D eigenvalue weighted by Gasteiger charge is -2.40. The highest BCUT2D eigenvalue weighted by molar-refractivity contribution is 5.75. The Morgan fingerprint density at radius 1 is 1.17 bits per heavy atom. The molecule has 0 spiro atoms. The predicted octanol–water partition coefficient (Wildman–Crippen LogP) is 5.48. The van der Waals surface area contributed by atoms with Crippen LogP contribution in [0.3, 0.4) is 0 Å². The van der Waals surface area contributed by atoms with Crippen LogP contribution in [0.2, 0.25) is 0 Å². The molecule has 134 valence electrons. The van der Waals surface area contributed by atoms with Gasteiger partial charge in [-0.15, -0.1) is 0 Å². The van der Waals surface area contributed by atoms with Gasteiger partial charge in [0, 0.05) is 5.41 Å². The first-order chi connectivity index (χ1) is 11.4. The molecular formula is C21H32O3. The molecule has 0 bridgehead atoms. The number of benzene rings is 1. The summed E-state index contributed by atoms with van der Waals surface area (Å²) < 4.78 is 12.0. The van der Waals surface area contributed by atoms with E-state index in [-0.39, 0.29) is 11.4 Å². The predicted molar refractivity (Wildman–Crippen MR) is 96.4 cm³/mol. The minimum absolute atomic E-state index is 0.0908. The molecule has 1 aliphatic carbocycles. The van der Waals surface area contributed by atoms with Crippen molar-refractivity contribution in [2.75, 3.05) is 0 Å². The third-order valence-corrected chi connectivity index (χ3v) is 5.46. The van der Waals surface area contributed by atoms with Crippen molar-refractivity contribution in [3.63, 3.8) is 0 Å². The van der Waals surface area contributed by atoms with Crippen molar-refractivity contribution in [3.05, 3.63) is 35.9 Å². The van der Waals surface area contributed by atoms with Crippen LogP contribution in [-0.2, 0) is 20.9 Å². The van der Waals surface area contributed by atoms with Crippen LogP contribution in [-0.4, -0.2) is 12.3 Å². The normalized spacial score (nSPS) is 18.8. The SMILES string of the molecule is CCC(C)(C)C(=O)OC(OCc1ccccc1)C1(C)CCCCC1. The van der Waals surface area contributed by atoms with Crippen molar-refractivity contribution in [2.45, 2.75) is 79.1 Å². The topological polar surface area (TPSA) is 35.5 Å². The van der Waals surface area contributed by atoms with Crippen molar-refractivity contribution in [2.24, 2.45) is 10.8 Å². The fourth-order valence-electron chi connectivity index (χ4n) is 3.12. The smallest absolute Gasteiger partial charge is 0.313 e. The van der Waals surface area contributed by atoms with Gasteiger partial charge in [-0.1, -0.05) is 63.4 Å². The highest BCUT2D eigenvalue weighted by Crippen LogP contribution is 2.41. The molecule has 0 radical (unpaired) electrons. The average molecular weight is 332 g/mol. The maximum Gasteiger partial charge on any atom is 0.313 e. The second kappa shape index (κ2) is 8.15. The van der Waals surface area contributed by atoms with Crippen molar-refractivity contribution >= 4 is 5.97 Å². The van der Waals surface area contributed by atoms with E-state index in [1.165, 1.54) is 19.3 Å². The Kier molecular flexibility index (Phi) is 6.45. The number of hydrogen-bond donors (Lipinski definition) is 0. The molecule has 1 unspecified atom stereocenters. The fraction of sp³-hybridized carbons (Fsp3) is 0.667. The Labute approximate surface area is 146 Å². The van der Waals surface area contributed by atoms with E-state index in [0.717, 1.165) is 24.8 Å². The Balaban J connectivity index is 2.10. The zero-order valence-electron chi connectivity index (χ0n) is 15.6. The zero-order chi connectivity index (χ0) is 17.6. The van der Waals surface area contributed by atoms with Crippen LogP contribution in [0.25, 0.3) is 0 Å². The molecule has 24 heavy (non-hydrogen) atoms. The van der Waals surface area contributed by atoms with Gasteiger partial charge < -0.3 is 9.47 Å². The number of rotatable bonds is 7. The van der Waals surface area contributed by atoms with Crippen LogP contribution in [0, 0.1) is 10.8 Å². The molecule has 0 aromatic heterocycles. The molecule has 1 aliphatic rings. The van der Waals surface area contributed by atoms with E-state index in [4.69, 9.17) is 9.47 Å². The van der Waals surface area contributed by atoms with Crippen molar-refractivity contribution in [3.8, 4) is 0 Å². The molecule has 1 fully saturated rings. The van der Waals surface area contributed by atoms with Gasteiger partial charge in [-0.2, -0.15) is 0 Å². The molecule has 1 atom stereocenters. The lowest BCUT2D eigenvalue weighted by atomic mass is 9.75. The Morgan fingerprint density at radius 2 is 1.79 bits per heavy atom. The van der Waals surface area contributed by atoms with E-state index in [1.54, 1.807) is 0 Å². The number of ether oxygens (including phenoxy) is 2. The van der Waals surface area contributed by atoms with Crippen molar-refractivity contribution < 1.29 is 14.3 Å². The van der Waals surface area contributed by atoms with Crippen LogP contribution in [0.1, 0.15) is 71.8 Å². The van der Waals surface area contributed by atoms with E-state index < -0.39 is 11.7 Å². The summed E-state index contributed by atoms with van der Waals surface area (Å²) in [5.41, 5.74) is 0.541. The summed E-state index contributed by atoms with van der Waals surface area (Å²) in [6.07, 6.45) is 5.99. The average Bonchev–Trinajstić information content (AvgIpc) is 2.59. The van der Waals surface area contributed by atoms with E-state index in [1.807, 2.05) is 51.1 Å². The van der Waals surface area contributed by atoms with Crippen LogP contribution < -0.4 is 0 Å². The molecule has 3 nitrogen and oxygen atoms in total. The van der Waals surface area contributed by atoms with Gasteiger partial charge in [0.1, 0.15) is 0 Å². The second-order valence-corrected chi connectivity index (χ2v) is 7.99. The monoisotopic (exact) mass is 332 g/mol. The molecule has 0 amide bonds. The standard InChI is InChI=1S/C21H32O3/c1-5-20(2,3)18(22)24-19(21(4)14-10-7-11-15-21)23-16-17-12-8-6-9-13-17/h6,8-9,12-13,19H,5,7,10-11,14-16H2,1-4H3. The Bertz CT molecular complexity index is 515. The molecule has 0 aliphatic heterocycles. The summed E-state index contributed by atoms with van der Waals surface area (Å²) in [7, 11) is 0. The quantitative estimate of drug-likeness (QED) is 0.490. The first kappa shape index (κ1) is 19.0. The molecule has 1 saturated carbocycles. The van der Waals surface area contributed by atoms with E-state index in [0.29, 0.717) is 6.61 Å². The van der Waals surface area contributed by atoms with E-state index >= 15 is 0 Å². The van der Waals surface area contributed by atoms with Crippen LogP contribution in [0.15, 0.2) is 30.3 Å². The van der Waals surface area contributed by atoms with E-state index in [9.17, 15) is 4.79 Å². The van der Waals surface area contributed by atoms with Gasteiger partial charge >= 0.3 is 5.97 Å². The zero-order valence-corrected chi connectivity index (χ0v) is 15.6. The largest absolute Gasteiger partial charge is 0.435 e. The van der Waals surface area contributed by atoms with Crippen molar-refractivity contribution in [1.82, 2.24) is 0 Å². The summed E-state index contributed by atoms with van der Waals surface area (Å²) in [6.45, 7) is 8.57. The van der Waals surface area contributed by atoms with Gasteiger partial charge in [0.2, 0.25) is 6.29 Å². The first-order valence-electron chi connectivity index (χ1n) is 9.24. The second-order valence-electron chi connectivity index (χ2n) is 7.99. The van der Waals surface area contributed by atoms with Gasteiger partial charge in [-0.05, 0) is 38.7 Å². The third kappa shape index (κ3) is 4.83. The minimum Gasteiger partial charge on any atom is -0.435 e. The Hall–Kier alpha value is -1.35. The molecule has 0 N–H and O–H groups in total. The molecule has 3 heteroatoms. The molecule has 1 aromatic rings. The first-order valence-corrected chi connectivity index (χ1v) is 9.24. The summed E-state index contributed by atoms with van der Waals surface area (Å²) in [6, 6.07) is 10.1. The number of carbonyl (C=O) groups is 1. The minimum atomic E-state index is -0.476.